The minimum Gasteiger partial charge on any atom is -0.493 e. The first-order chi connectivity index (χ1) is 16.2. The van der Waals surface area contributed by atoms with E-state index in [1.165, 1.54) is 19.2 Å². The molecule has 0 N–H and O–H groups in total. The number of sulfone groups is 1. The van der Waals surface area contributed by atoms with Gasteiger partial charge >= 0.3 is 0 Å². The molecule has 7 nitrogen and oxygen atoms in total. The number of methoxy groups -OCH3 is 2. The first-order valence-electron chi connectivity index (χ1n) is 11.0. The van der Waals surface area contributed by atoms with Crippen LogP contribution in [0, 0.1) is 0 Å². The third-order valence-corrected chi connectivity index (χ3v) is 8.01. The Morgan fingerprint density at radius 3 is 2.32 bits per heavy atom. The zero-order chi connectivity index (χ0) is 24.9. The maximum atomic E-state index is 13.6. The highest BCUT2D eigenvalue weighted by Crippen LogP contribution is 2.36. The molecule has 1 fully saturated rings. The van der Waals surface area contributed by atoms with Gasteiger partial charge in [0.2, 0.25) is 0 Å². The molecule has 0 spiro atoms. The van der Waals surface area contributed by atoms with Crippen molar-refractivity contribution in [3.05, 3.63) is 51.5 Å². The zero-order valence-corrected chi connectivity index (χ0v) is 21.8. The molecule has 2 aromatic carbocycles. The molecule has 0 aliphatic carbocycles. The largest absolute Gasteiger partial charge is 0.493 e. The van der Waals surface area contributed by atoms with Gasteiger partial charge in [0, 0.05) is 18.2 Å². The van der Waals surface area contributed by atoms with Gasteiger partial charge < -0.3 is 19.1 Å². The lowest BCUT2D eigenvalue weighted by Gasteiger charge is -2.29. The van der Waals surface area contributed by atoms with Crippen LogP contribution < -0.4 is 14.2 Å². The van der Waals surface area contributed by atoms with Crippen molar-refractivity contribution < 1.29 is 27.4 Å². The van der Waals surface area contributed by atoms with E-state index in [2.05, 4.69) is 0 Å². The van der Waals surface area contributed by atoms with Gasteiger partial charge in [0.05, 0.1) is 42.4 Å². The van der Waals surface area contributed by atoms with E-state index in [1.807, 2.05) is 13.0 Å². The summed E-state index contributed by atoms with van der Waals surface area (Å²) in [4.78, 5) is 15.2. The molecular weight excluding hydrogens is 501 g/mol. The minimum atomic E-state index is -3.22. The van der Waals surface area contributed by atoms with Crippen molar-refractivity contribution in [3.8, 4) is 17.2 Å². The zero-order valence-electron chi connectivity index (χ0n) is 19.5. The summed E-state index contributed by atoms with van der Waals surface area (Å²) in [7, 11) is -0.147. The number of amides is 1. The van der Waals surface area contributed by atoms with Crippen LogP contribution in [0.15, 0.2) is 30.3 Å². The highest BCUT2D eigenvalue weighted by molar-refractivity contribution is 7.91. The maximum Gasteiger partial charge on any atom is 0.254 e. The van der Waals surface area contributed by atoms with Crippen molar-refractivity contribution in [1.29, 1.82) is 0 Å². The Kier molecular flexibility index (Phi) is 8.95. The maximum absolute atomic E-state index is 13.6. The Morgan fingerprint density at radius 2 is 1.76 bits per heavy atom. The van der Waals surface area contributed by atoms with Gasteiger partial charge in [-0.1, -0.05) is 42.6 Å². The first-order valence-corrected chi connectivity index (χ1v) is 13.6. The fraction of sp³-hybridized carbons (Fsp3) is 0.458. The van der Waals surface area contributed by atoms with Crippen LogP contribution in [0.1, 0.15) is 42.1 Å². The van der Waals surface area contributed by atoms with Gasteiger partial charge in [-0.05, 0) is 42.7 Å². The lowest BCUT2D eigenvalue weighted by Crippen LogP contribution is -2.40. The number of rotatable bonds is 10. The molecule has 0 aromatic heterocycles. The molecule has 0 radical (unpaired) electrons. The molecule has 1 heterocycles. The molecule has 0 saturated carbocycles. The summed E-state index contributed by atoms with van der Waals surface area (Å²) in [5.74, 6) is 1.00. The molecule has 10 heteroatoms. The molecule has 1 aliphatic heterocycles. The van der Waals surface area contributed by atoms with Crippen molar-refractivity contribution in [2.45, 2.75) is 38.8 Å². The van der Waals surface area contributed by atoms with E-state index in [4.69, 9.17) is 37.4 Å². The highest BCUT2D eigenvalue weighted by atomic mass is 35.5. The van der Waals surface area contributed by atoms with E-state index < -0.39 is 15.9 Å². The molecule has 3 rings (SSSR count). The van der Waals surface area contributed by atoms with Gasteiger partial charge in [-0.25, -0.2) is 8.42 Å². The van der Waals surface area contributed by atoms with Gasteiger partial charge in [0.25, 0.3) is 5.91 Å². The van der Waals surface area contributed by atoms with E-state index in [-0.39, 0.29) is 39.6 Å². The number of hydrogen-bond acceptors (Lipinski definition) is 6. The molecular formula is C24H29Cl2NO6S. The number of nitrogens with zero attached hydrogens (tertiary/aromatic N) is 1. The topological polar surface area (TPSA) is 82.1 Å². The number of halogens is 2. The van der Waals surface area contributed by atoms with Crippen molar-refractivity contribution in [3.63, 3.8) is 0 Å². The van der Waals surface area contributed by atoms with Crippen LogP contribution in [0.3, 0.4) is 0 Å². The monoisotopic (exact) mass is 529 g/mol. The molecule has 34 heavy (non-hydrogen) atoms. The average molecular weight is 530 g/mol. The third-order valence-electron chi connectivity index (χ3n) is 5.70. The van der Waals surface area contributed by atoms with Crippen LogP contribution >= 0.6 is 23.2 Å². The normalized spacial score (nSPS) is 16.8. The SMILES string of the molecule is CCCCOc1c(Cl)cc(C(=O)N(Cc2ccc(OC)c(OC)c2)C2CCS(=O)(=O)C2)cc1Cl. The van der Waals surface area contributed by atoms with Crippen molar-refractivity contribution >= 4 is 38.9 Å². The van der Waals surface area contributed by atoms with Crippen LogP contribution in [0.5, 0.6) is 17.2 Å². The molecule has 1 saturated heterocycles. The number of hydrogen-bond donors (Lipinski definition) is 0. The first kappa shape index (κ1) is 26.4. The molecule has 186 valence electrons. The van der Waals surface area contributed by atoms with E-state index in [9.17, 15) is 13.2 Å². The number of unbranched alkanes of at least 4 members (excludes halogenated alkanes) is 1. The summed E-state index contributed by atoms with van der Waals surface area (Å²) in [5, 5.41) is 0.467. The minimum absolute atomic E-state index is 0.0408. The highest BCUT2D eigenvalue weighted by Gasteiger charge is 2.35. The summed E-state index contributed by atoms with van der Waals surface area (Å²) in [6.07, 6.45) is 2.17. The summed E-state index contributed by atoms with van der Waals surface area (Å²) in [6, 6.07) is 7.90. The van der Waals surface area contributed by atoms with Crippen molar-refractivity contribution in [2.75, 3.05) is 32.3 Å². The average Bonchev–Trinajstić information content (AvgIpc) is 3.17. The molecule has 1 atom stereocenters. The van der Waals surface area contributed by atoms with Crippen LogP contribution in [0.2, 0.25) is 10.0 Å². The van der Waals surface area contributed by atoms with E-state index >= 15 is 0 Å². The molecule has 1 amide bonds. The summed E-state index contributed by atoms with van der Waals surface area (Å²) >= 11 is 12.8. The third kappa shape index (κ3) is 6.29. The van der Waals surface area contributed by atoms with E-state index in [0.29, 0.717) is 30.3 Å². The molecule has 0 bridgehead atoms. The van der Waals surface area contributed by atoms with Crippen LogP contribution in [0.25, 0.3) is 0 Å². The smallest absolute Gasteiger partial charge is 0.254 e. The predicted molar refractivity (Wildman–Crippen MR) is 133 cm³/mol. The second-order valence-electron chi connectivity index (χ2n) is 8.15. The molecule has 1 unspecified atom stereocenters. The Labute approximate surface area is 210 Å². The number of carbonyl (C=O) groups excluding carboxylic acids is 1. The number of benzene rings is 2. The van der Waals surface area contributed by atoms with Crippen LogP contribution in [0.4, 0.5) is 0 Å². The van der Waals surface area contributed by atoms with Crippen molar-refractivity contribution in [2.24, 2.45) is 0 Å². The Morgan fingerprint density at radius 1 is 1.09 bits per heavy atom. The van der Waals surface area contributed by atoms with Gasteiger partial charge in [0.15, 0.2) is 27.1 Å². The Hall–Kier alpha value is -2.16. The summed E-state index contributed by atoms with van der Waals surface area (Å²) in [5.41, 5.74) is 1.04. The summed E-state index contributed by atoms with van der Waals surface area (Å²) < 4.78 is 40.7. The predicted octanol–water partition coefficient (Wildman–Crippen LogP) is 5.02. The van der Waals surface area contributed by atoms with Crippen LogP contribution in [-0.2, 0) is 16.4 Å². The van der Waals surface area contributed by atoms with Gasteiger partial charge in [-0.3, -0.25) is 4.79 Å². The summed E-state index contributed by atoms with van der Waals surface area (Å²) in [6.45, 7) is 2.70. The molecule has 1 aliphatic rings. The Bertz CT molecular complexity index is 1120. The lowest BCUT2D eigenvalue weighted by molar-refractivity contribution is 0.0680. The van der Waals surface area contributed by atoms with E-state index in [1.54, 1.807) is 24.1 Å². The fourth-order valence-electron chi connectivity index (χ4n) is 3.87. The Balaban J connectivity index is 1.93. The van der Waals surface area contributed by atoms with Crippen molar-refractivity contribution in [1.82, 2.24) is 4.90 Å². The number of ether oxygens (including phenoxy) is 3. The molecule has 2 aromatic rings. The standard InChI is InChI=1S/C24H29Cl2NO6S/c1-4-5-9-33-23-19(25)12-17(13-20(23)26)24(28)27(18-8-10-34(29,30)15-18)14-16-6-7-21(31-2)22(11-16)32-3/h6-7,11-13,18H,4-5,8-10,14-15H2,1-3H3. The second-order valence-corrected chi connectivity index (χ2v) is 11.2. The van der Waals surface area contributed by atoms with Crippen LogP contribution in [-0.4, -0.2) is 57.6 Å². The second kappa shape index (κ2) is 11.5. The number of carbonyl (C=O) groups is 1. The lowest BCUT2D eigenvalue weighted by atomic mass is 10.1. The quantitative estimate of drug-likeness (QED) is 0.402. The van der Waals surface area contributed by atoms with Gasteiger partial charge in [-0.15, -0.1) is 0 Å². The fourth-order valence-corrected chi connectivity index (χ4v) is 6.20. The van der Waals surface area contributed by atoms with Gasteiger partial charge in [-0.2, -0.15) is 0 Å². The van der Waals surface area contributed by atoms with E-state index in [0.717, 1.165) is 18.4 Å². The van der Waals surface area contributed by atoms with Gasteiger partial charge in [0.1, 0.15) is 0 Å².